The molecule has 0 atom stereocenters. The summed E-state index contributed by atoms with van der Waals surface area (Å²) in [4.78, 5) is 29.2. The fraction of sp³-hybridized carbons (Fsp3) is 0.615. The summed E-state index contributed by atoms with van der Waals surface area (Å²) in [7, 11) is 2.00. The van der Waals surface area contributed by atoms with E-state index in [4.69, 9.17) is 5.11 Å². The third-order valence-electron chi connectivity index (χ3n) is 2.69. The monoisotopic (exact) mass is 299 g/mol. The quantitative estimate of drug-likeness (QED) is 0.767. The summed E-state index contributed by atoms with van der Waals surface area (Å²) in [6.45, 7) is 5.15. The Morgan fingerprint density at radius 2 is 2.15 bits per heavy atom. The van der Waals surface area contributed by atoms with Crippen LogP contribution in [-0.4, -0.2) is 40.5 Å². The maximum absolute atomic E-state index is 11.0. The second kappa shape index (κ2) is 7.96. The van der Waals surface area contributed by atoms with Crippen molar-refractivity contribution in [2.24, 2.45) is 0 Å². The molecule has 2 N–H and O–H groups in total. The fourth-order valence-electron chi connectivity index (χ4n) is 1.74. The van der Waals surface area contributed by atoms with Gasteiger partial charge in [0.25, 0.3) is 0 Å². The molecule has 0 spiro atoms. The number of aromatic nitrogens is 1. The molecule has 20 heavy (non-hydrogen) atoms. The third-order valence-corrected chi connectivity index (χ3v) is 3.68. The van der Waals surface area contributed by atoms with Crippen LogP contribution in [-0.2, 0) is 22.6 Å². The molecule has 1 aromatic rings. The van der Waals surface area contributed by atoms with Crippen molar-refractivity contribution in [1.82, 2.24) is 9.88 Å². The number of unbranched alkanes of at least 4 members (excludes halogenated alkanes) is 1. The molecule has 0 saturated heterocycles. The molecule has 0 unspecified atom stereocenters. The Morgan fingerprint density at radius 1 is 1.45 bits per heavy atom. The lowest BCUT2D eigenvalue weighted by molar-refractivity contribution is -0.136. The van der Waals surface area contributed by atoms with Gasteiger partial charge in [-0.2, -0.15) is 0 Å². The van der Waals surface area contributed by atoms with E-state index in [0.29, 0.717) is 17.4 Å². The van der Waals surface area contributed by atoms with Gasteiger partial charge >= 0.3 is 5.97 Å². The number of aliphatic carboxylic acids is 1. The van der Waals surface area contributed by atoms with E-state index in [1.807, 2.05) is 7.05 Å². The Kier molecular flexibility index (Phi) is 6.60. The number of nitrogens with one attached hydrogen (secondary N) is 1. The van der Waals surface area contributed by atoms with E-state index >= 15 is 0 Å². The minimum atomic E-state index is -0.915. The van der Waals surface area contributed by atoms with Crippen LogP contribution in [0, 0.1) is 0 Å². The summed E-state index contributed by atoms with van der Waals surface area (Å²) in [6, 6.07) is 0. The number of carbonyl (C=O) groups is 2. The molecule has 0 fully saturated rings. The van der Waals surface area contributed by atoms with Gasteiger partial charge in [-0.25, -0.2) is 4.98 Å². The Morgan fingerprint density at radius 3 is 2.70 bits per heavy atom. The van der Waals surface area contributed by atoms with E-state index < -0.39 is 5.97 Å². The van der Waals surface area contributed by atoms with Crippen LogP contribution in [0.3, 0.4) is 0 Å². The predicted octanol–water partition coefficient (Wildman–Crippen LogP) is 1.96. The molecular formula is C13H21N3O3S. The second-order valence-electron chi connectivity index (χ2n) is 4.73. The minimum Gasteiger partial charge on any atom is -0.481 e. The van der Waals surface area contributed by atoms with Crippen LogP contribution in [0.2, 0.25) is 0 Å². The molecule has 1 aromatic heterocycles. The summed E-state index contributed by atoms with van der Waals surface area (Å²) < 4.78 is 0. The number of carboxylic acid groups (broad SMARTS) is 1. The van der Waals surface area contributed by atoms with Gasteiger partial charge in [-0.05, 0) is 20.0 Å². The van der Waals surface area contributed by atoms with Crippen molar-refractivity contribution in [3.8, 4) is 0 Å². The average Bonchev–Trinajstić information content (AvgIpc) is 2.66. The topological polar surface area (TPSA) is 82.5 Å². The highest BCUT2D eigenvalue weighted by Crippen LogP contribution is 2.25. The number of anilines is 1. The Bertz CT molecular complexity index is 473. The number of rotatable bonds is 8. The minimum absolute atomic E-state index is 0.118. The van der Waals surface area contributed by atoms with Gasteiger partial charge in [0.1, 0.15) is 0 Å². The van der Waals surface area contributed by atoms with Gasteiger partial charge in [0.2, 0.25) is 5.91 Å². The number of hydrogen-bond donors (Lipinski definition) is 2. The van der Waals surface area contributed by atoms with E-state index in [2.05, 4.69) is 22.1 Å². The lowest BCUT2D eigenvalue weighted by atomic mass is 10.2. The average molecular weight is 299 g/mol. The molecule has 0 aliphatic carbocycles. The number of carboxylic acids is 1. The van der Waals surface area contributed by atoms with Crippen LogP contribution >= 0.6 is 11.3 Å². The van der Waals surface area contributed by atoms with Crippen molar-refractivity contribution >= 4 is 28.3 Å². The highest BCUT2D eigenvalue weighted by Gasteiger charge is 2.16. The van der Waals surface area contributed by atoms with Gasteiger partial charge in [0.05, 0.1) is 12.1 Å². The molecule has 1 heterocycles. The van der Waals surface area contributed by atoms with E-state index in [-0.39, 0.29) is 12.3 Å². The molecule has 0 saturated carbocycles. The number of thiazole rings is 1. The Balaban J connectivity index is 2.81. The zero-order chi connectivity index (χ0) is 15.1. The highest BCUT2D eigenvalue weighted by atomic mass is 32.1. The number of amides is 1. The van der Waals surface area contributed by atoms with Crippen LogP contribution in [0.4, 0.5) is 5.13 Å². The normalized spacial score (nSPS) is 10.8. The number of nitrogens with zero attached hydrogens (tertiary/aromatic N) is 2. The molecule has 0 aliphatic rings. The Hall–Kier alpha value is -1.47. The standard InChI is InChI=1S/C13H21N3O3S/c1-4-5-6-16(3)8-11-10(7-12(18)19)15-13(20-11)14-9(2)17/h4-8H2,1-3H3,(H,18,19)(H,14,15,17). The van der Waals surface area contributed by atoms with Crippen molar-refractivity contribution < 1.29 is 14.7 Å². The van der Waals surface area contributed by atoms with Gasteiger partial charge in [0, 0.05) is 18.3 Å². The van der Waals surface area contributed by atoms with Gasteiger partial charge in [-0.15, -0.1) is 11.3 Å². The molecule has 0 aliphatic heterocycles. The van der Waals surface area contributed by atoms with Crippen molar-refractivity contribution in [2.75, 3.05) is 18.9 Å². The van der Waals surface area contributed by atoms with Crippen LogP contribution in [0.5, 0.6) is 0 Å². The molecular weight excluding hydrogens is 278 g/mol. The molecule has 1 amide bonds. The first-order valence-corrected chi connectivity index (χ1v) is 7.40. The highest BCUT2D eigenvalue weighted by molar-refractivity contribution is 7.15. The van der Waals surface area contributed by atoms with E-state index in [1.165, 1.54) is 18.3 Å². The lowest BCUT2D eigenvalue weighted by Crippen LogP contribution is -2.19. The summed E-state index contributed by atoms with van der Waals surface area (Å²) in [5.74, 6) is -1.12. The lowest BCUT2D eigenvalue weighted by Gasteiger charge is -2.15. The fourth-order valence-corrected chi connectivity index (χ4v) is 2.85. The van der Waals surface area contributed by atoms with E-state index in [9.17, 15) is 9.59 Å². The van der Waals surface area contributed by atoms with Crippen molar-refractivity contribution in [1.29, 1.82) is 0 Å². The van der Waals surface area contributed by atoms with Crippen LogP contribution in [0.25, 0.3) is 0 Å². The molecule has 7 heteroatoms. The van der Waals surface area contributed by atoms with Crippen molar-refractivity contribution in [2.45, 2.75) is 39.7 Å². The zero-order valence-corrected chi connectivity index (χ0v) is 12.9. The molecule has 112 valence electrons. The molecule has 0 bridgehead atoms. The summed E-state index contributed by atoms with van der Waals surface area (Å²) in [5, 5.41) is 12.0. The van der Waals surface area contributed by atoms with Gasteiger partial charge in [-0.1, -0.05) is 13.3 Å². The van der Waals surface area contributed by atoms with Gasteiger partial charge in [0.15, 0.2) is 5.13 Å². The summed E-state index contributed by atoms with van der Waals surface area (Å²) in [5.41, 5.74) is 0.537. The van der Waals surface area contributed by atoms with E-state index in [0.717, 1.165) is 24.3 Å². The van der Waals surface area contributed by atoms with Crippen molar-refractivity contribution in [3.05, 3.63) is 10.6 Å². The summed E-state index contributed by atoms with van der Waals surface area (Å²) >= 11 is 1.34. The molecule has 0 radical (unpaired) electrons. The first-order valence-electron chi connectivity index (χ1n) is 6.58. The first kappa shape index (κ1) is 16.6. The third kappa shape index (κ3) is 5.66. The SMILES string of the molecule is CCCCN(C)Cc1sc(NC(C)=O)nc1CC(=O)O. The second-order valence-corrected chi connectivity index (χ2v) is 5.82. The Labute approximate surface area is 122 Å². The molecule has 0 aromatic carbocycles. The molecule has 1 rings (SSSR count). The van der Waals surface area contributed by atoms with Crippen LogP contribution in [0.1, 0.15) is 37.3 Å². The van der Waals surface area contributed by atoms with Gasteiger partial charge < -0.3 is 15.3 Å². The maximum Gasteiger partial charge on any atom is 0.309 e. The maximum atomic E-state index is 11.0. The first-order chi connectivity index (χ1) is 9.42. The van der Waals surface area contributed by atoms with E-state index in [1.54, 1.807) is 0 Å². The summed E-state index contributed by atoms with van der Waals surface area (Å²) in [6.07, 6.45) is 2.10. The smallest absolute Gasteiger partial charge is 0.309 e. The number of hydrogen-bond acceptors (Lipinski definition) is 5. The van der Waals surface area contributed by atoms with Gasteiger partial charge in [-0.3, -0.25) is 9.59 Å². The van der Waals surface area contributed by atoms with Crippen molar-refractivity contribution in [3.63, 3.8) is 0 Å². The largest absolute Gasteiger partial charge is 0.481 e. The van der Waals surface area contributed by atoms with Crippen LogP contribution in [0.15, 0.2) is 0 Å². The number of carbonyl (C=O) groups excluding carboxylic acids is 1. The van der Waals surface area contributed by atoms with Crippen LogP contribution < -0.4 is 5.32 Å². The molecule has 6 nitrogen and oxygen atoms in total. The predicted molar refractivity (Wildman–Crippen MR) is 79.0 cm³/mol. The zero-order valence-electron chi connectivity index (χ0n) is 12.1.